The SMILES string of the molecule is CSC(C)CNc1cc(C)cc(N)c1. The maximum absolute atomic E-state index is 5.75. The van der Waals surface area contributed by atoms with E-state index in [-0.39, 0.29) is 0 Å². The molecule has 0 aliphatic heterocycles. The number of hydrogen-bond donors (Lipinski definition) is 2. The van der Waals surface area contributed by atoms with E-state index in [0.29, 0.717) is 5.25 Å². The summed E-state index contributed by atoms with van der Waals surface area (Å²) in [5.41, 5.74) is 8.89. The molecule has 0 aromatic heterocycles. The topological polar surface area (TPSA) is 38.0 Å². The van der Waals surface area contributed by atoms with Crippen LogP contribution in [0, 0.1) is 6.92 Å². The van der Waals surface area contributed by atoms with E-state index in [1.807, 2.05) is 23.9 Å². The quantitative estimate of drug-likeness (QED) is 0.750. The first-order chi connectivity index (χ1) is 6.61. The highest BCUT2D eigenvalue weighted by atomic mass is 32.2. The molecule has 1 unspecified atom stereocenters. The van der Waals surface area contributed by atoms with E-state index in [9.17, 15) is 0 Å². The highest BCUT2D eigenvalue weighted by Crippen LogP contribution is 2.16. The zero-order valence-corrected chi connectivity index (χ0v) is 9.82. The monoisotopic (exact) mass is 210 g/mol. The summed E-state index contributed by atoms with van der Waals surface area (Å²) in [6.07, 6.45) is 2.12. The van der Waals surface area contributed by atoms with Crippen LogP contribution in [0.15, 0.2) is 18.2 Å². The van der Waals surface area contributed by atoms with E-state index in [2.05, 4.69) is 31.5 Å². The Kier molecular flexibility index (Phi) is 4.14. The molecule has 14 heavy (non-hydrogen) atoms. The van der Waals surface area contributed by atoms with Gasteiger partial charge in [0.05, 0.1) is 0 Å². The lowest BCUT2D eigenvalue weighted by Crippen LogP contribution is -2.12. The molecule has 78 valence electrons. The molecule has 1 aromatic carbocycles. The van der Waals surface area contributed by atoms with Gasteiger partial charge in [-0.15, -0.1) is 0 Å². The van der Waals surface area contributed by atoms with Crippen LogP contribution in [0.25, 0.3) is 0 Å². The number of benzene rings is 1. The first-order valence-electron chi connectivity index (χ1n) is 4.75. The maximum Gasteiger partial charge on any atom is 0.0363 e. The minimum atomic E-state index is 0.622. The predicted octanol–water partition coefficient (Wildman–Crippen LogP) is 2.74. The van der Waals surface area contributed by atoms with Crippen LogP contribution in [0.1, 0.15) is 12.5 Å². The Bertz CT molecular complexity index is 279. The maximum atomic E-state index is 5.75. The van der Waals surface area contributed by atoms with Crippen molar-refractivity contribution in [3.8, 4) is 0 Å². The molecule has 0 fully saturated rings. The zero-order valence-electron chi connectivity index (χ0n) is 9.00. The van der Waals surface area contributed by atoms with Gasteiger partial charge in [0.15, 0.2) is 0 Å². The van der Waals surface area contributed by atoms with Gasteiger partial charge in [0.25, 0.3) is 0 Å². The van der Waals surface area contributed by atoms with Crippen LogP contribution in [0.4, 0.5) is 11.4 Å². The number of thioether (sulfide) groups is 1. The Balaban J connectivity index is 2.58. The van der Waals surface area contributed by atoms with Gasteiger partial charge in [-0.05, 0) is 36.9 Å². The van der Waals surface area contributed by atoms with Crippen LogP contribution in [-0.2, 0) is 0 Å². The number of hydrogen-bond acceptors (Lipinski definition) is 3. The summed E-state index contributed by atoms with van der Waals surface area (Å²) in [7, 11) is 0. The fraction of sp³-hybridized carbons (Fsp3) is 0.455. The normalized spacial score (nSPS) is 12.5. The molecule has 0 bridgehead atoms. The molecule has 0 amide bonds. The van der Waals surface area contributed by atoms with Gasteiger partial charge < -0.3 is 11.1 Å². The number of nitrogens with one attached hydrogen (secondary N) is 1. The van der Waals surface area contributed by atoms with Crippen molar-refractivity contribution < 1.29 is 0 Å². The number of rotatable bonds is 4. The van der Waals surface area contributed by atoms with Crippen molar-refractivity contribution >= 4 is 23.1 Å². The first kappa shape index (κ1) is 11.2. The number of nitrogen functional groups attached to an aromatic ring is 1. The molecule has 1 rings (SSSR count). The van der Waals surface area contributed by atoms with E-state index in [1.165, 1.54) is 5.56 Å². The van der Waals surface area contributed by atoms with Crippen molar-refractivity contribution in [2.75, 3.05) is 23.9 Å². The molecule has 0 spiro atoms. The summed E-state index contributed by atoms with van der Waals surface area (Å²) in [5.74, 6) is 0. The molecule has 1 aromatic rings. The van der Waals surface area contributed by atoms with Gasteiger partial charge in [-0.25, -0.2) is 0 Å². The highest BCUT2D eigenvalue weighted by molar-refractivity contribution is 7.99. The summed E-state index contributed by atoms with van der Waals surface area (Å²) >= 11 is 1.86. The van der Waals surface area contributed by atoms with E-state index in [0.717, 1.165) is 17.9 Å². The molecule has 0 aliphatic rings. The molecular weight excluding hydrogens is 192 g/mol. The number of nitrogens with two attached hydrogens (primary N) is 1. The van der Waals surface area contributed by atoms with Crippen LogP contribution < -0.4 is 11.1 Å². The second kappa shape index (κ2) is 5.15. The van der Waals surface area contributed by atoms with Gasteiger partial charge in [-0.1, -0.05) is 6.92 Å². The van der Waals surface area contributed by atoms with Crippen molar-refractivity contribution in [1.82, 2.24) is 0 Å². The zero-order chi connectivity index (χ0) is 10.6. The van der Waals surface area contributed by atoms with Gasteiger partial charge in [-0.3, -0.25) is 0 Å². The standard InChI is InChI=1S/C11H18N2S/c1-8-4-10(12)6-11(5-8)13-7-9(2)14-3/h4-6,9,13H,7,12H2,1-3H3. The molecule has 3 heteroatoms. The lowest BCUT2D eigenvalue weighted by molar-refractivity contribution is 1.00. The van der Waals surface area contributed by atoms with Crippen molar-refractivity contribution in [2.24, 2.45) is 0 Å². The smallest absolute Gasteiger partial charge is 0.0363 e. The van der Waals surface area contributed by atoms with E-state index < -0.39 is 0 Å². The average molecular weight is 210 g/mol. The molecular formula is C11H18N2S. The molecule has 0 aliphatic carbocycles. The lowest BCUT2D eigenvalue weighted by Gasteiger charge is -2.12. The molecule has 0 saturated heterocycles. The minimum Gasteiger partial charge on any atom is -0.399 e. The van der Waals surface area contributed by atoms with Crippen LogP contribution in [0.2, 0.25) is 0 Å². The summed E-state index contributed by atoms with van der Waals surface area (Å²) in [5, 5.41) is 4.00. The summed E-state index contributed by atoms with van der Waals surface area (Å²) in [4.78, 5) is 0. The molecule has 2 nitrogen and oxygen atoms in total. The van der Waals surface area contributed by atoms with Crippen molar-refractivity contribution in [3.63, 3.8) is 0 Å². The van der Waals surface area contributed by atoms with Crippen LogP contribution >= 0.6 is 11.8 Å². The Morgan fingerprint density at radius 2 is 2.14 bits per heavy atom. The first-order valence-corrected chi connectivity index (χ1v) is 6.04. The summed E-state index contributed by atoms with van der Waals surface area (Å²) < 4.78 is 0. The largest absolute Gasteiger partial charge is 0.399 e. The van der Waals surface area contributed by atoms with Gasteiger partial charge in [0, 0.05) is 23.2 Å². The Labute approximate surface area is 90.3 Å². The van der Waals surface area contributed by atoms with Gasteiger partial charge in [-0.2, -0.15) is 11.8 Å². The van der Waals surface area contributed by atoms with Gasteiger partial charge >= 0.3 is 0 Å². The third-order valence-corrected chi connectivity index (χ3v) is 3.07. The van der Waals surface area contributed by atoms with Gasteiger partial charge in [0.2, 0.25) is 0 Å². The average Bonchev–Trinajstić information content (AvgIpc) is 2.12. The van der Waals surface area contributed by atoms with Crippen molar-refractivity contribution in [1.29, 1.82) is 0 Å². The molecule has 3 N–H and O–H groups in total. The van der Waals surface area contributed by atoms with Crippen LogP contribution in [-0.4, -0.2) is 18.1 Å². The van der Waals surface area contributed by atoms with Crippen LogP contribution in [0.5, 0.6) is 0 Å². The third-order valence-electron chi connectivity index (χ3n) is 2.10. The predicted molar refractivity (Wildman–Crippen MR) is 67.1 cm³/mol. The van der Waals surface area contributed by atoms with Crippen molar-refractivity contribution in [2.45, 2.75) is 19.1 Å². The molecule has 1 atom stereocenters. The molecule has 0 saturated carbocycles. The molecule has 0 heterocycles. The molecule has 0 radical (unpaired) electrons. The lowest BCUT2D eigenvalue weighted by atomic mass is 10.2. The number of aryl methyl sites for hydroxylation is 1. The second-order valence-corrected chi connectivity index (χ2v) is 4.84. The highest BCUT2D eigenvalue weighted by Gasteiger charge is 1.99. The van der Waals surface area contributed by atoms with E-state index >= 15 is 0 Å². The number of anilines is 2. The van der Waals surface area contributed by atoms with Crippen molar-refractivity contribution in [3.05, 3.63) is 23.8 Å². The van der Waals surface area contributed by atoms with Gasteiger partial charge in [0.1, 0.15) is 0 Å². The minimum absolute atomic E-state index is 0.622. The fourth-order valence-corrected chi connectivity index (χ4v) is 1.51. The van der Waals surface area contributed by atoms with E-state index in [4.69, 9.17) is 5.73 Å². The Hall–Kier alpha value is -0.830. The Morgan fingerprint density at radius 3 is 2.71 bits per heavy atom. The third kappa shape index (κ3) is 3.50. The van der Waals surface area contributed by atoms with E-state index in [1.54, 1.807) is 0 Å². The summed E-state index contributed by atoms with van der Waals surface area (Å²) in [6.45, 7) is 5.24. The second-order valence-electron chi connectivity index (χ2n) is 3.56. The Morgan fingerprint density at radius 1 is 1.43 bits per heavy atom. The summed E-state index contributed by atoms with van der Waals surface area (Å²) in [6, 6.07) is 6.06. The fourth-order valence-electron chi connectivity index (χ4n) is 1.26. The van der Waals surface area contributed by atoms with Crippen LogP contribution in [0.3, 0.4) is 0 Å².